The maximum Gasteiger partial charge on any atom is 0.222 e. The Kier molecular flexibility index (Phi) is 10.9. The molecule has 0 aromatic carbocycles. The summed E-state index contributed by atoms with van der Waals surface area (Å²) in [6.07, 6.45) is 0.279. The van der Waals surface area contributed by atoms with Gasteiger partial charge >= 0.3 is 0 Å². The van der Waals surface area contributed by atoms with E-state index in [1.165, 1.54) is 4.90 Å². The molecule has 4 nitrogen and oxygen atoms in total. The van der Waals surface area contributed by atoms with Crippen molar-refractivity contribution < 1.29 is 9.90 Å². The molecule has 0 heterocycles. The number of nitrogens with one attached hydrogen (secondary N) is 1. The summed E-state index contributed by atoms with van der Waals surface area (Å²) in [4.78, 5) is 12.5. The Morgan fingerprint density at radius 3 is 2.23 bits per heavy atom. The highest BCUT2D eigenvalue weighted by Gasteiger charge is 2.06. The first-order valence-electron chi connectivity index (χ1n) is 4.63. The van der Waals surface area contributed by atoms with Crippen molar-refractivity contribution in [2.24, 2.45) is 0 Å². The van der Waals surface area contributed by atoms with Crippen molar-refractivity contribution in [1.29, 1.82) is 0 Å². The number of nitrogens with zero attached hydrogens (tertiary/aromatic N) is 1. The Morgan fingerprint density at radius 2 is 1.92 bits per heavy atom. The molecule has 80 valence electrons. The lowest BCUT2D eigenvalue weighted by Gasteiger charge is -2.12. The summed E-state index contributed by atoms with van der Waals surface area (Å²) in [5.41, 5.74) is 0. The average molecular weight is 190 g/mol. The molecule has 0 aliphatic rings. The van der Waals surface area contributed by atoms with Crippen molar-refractivity contribution in [3.05, 3.63) is 0 Å². The third-order valence-corrected chi connectivity index (χ3v) is 1.46. The molecule has 4 heteroatoms. The van der Waals surface area contributed by atoms with E-state index in [1.54, 1.807) is 21.1 Å². The fourth-order valence-corrected chi connectivity index (χ4v) is 0.628. The highest BCUT2D eigenvalue weighted by atomic mass is 16.3. The lowest BCUT2D eigenvalue weighted by Crippen LogP contribution is -2.28. The van der Waals surface area contributed by atoms with Gasteiger partial charge in [-0.3, -0.25) is 10.1 Å². The highest BCUT2D eigenvalue weighted by molar-refractivity contribution is 5.75. The van der Waals surface area contributed by atoms with E-state index in [-0.39, 0.29) is 5.91 Å². The van der Waals surface area contributed by atoms with Gasteiger partial charge in [-0.1, -0.05) is 13.8 Å². The van der Waals surface area contributed by atoms with Crippen LogP contribution in [0.15, 0.2) is 0 Å². The van der Waals surface area contributed by atoms with Crippen LogP contribution >= 0.6 is 0 Å². The van der Waals surface area contributed by atoms with E-state index >= 15 is 0 Å². The number of carbonyl (C=O) groups excluding carboxylic acids is 1. The summed E-state index contributed by atoms with van der Waals surface area (Å²) in [5.74, 6) is 0.0410. The van der Waals surface area contributed by atoms with Gasteiger partial charge in [-0.25, -0.2) is 0 Å². The van der Waals surface area contributed by atoms with Crippen molar-refractivity contribution in [3.63, 3.8) is 0 Å². The van der Waals surface area contributed by atoms with Gasteiger partial charge in [0, 0.05) is 20.5 Å². The van der Waals surface area contributed by atoms with Crippen molar-refractivity contribution in [2.75, 3.05) is 21.1 Å². The number of hydrogen-bond acceptors (Lipinski definition) is 3. The van der Waals surface area contributed by atoms with E-state index in [1.807, 2.05) is 13.8 Å². The molecular formula is C9H22N2O2. The van der Waals surface area contributed by atoms with Crippen molar-refractivity contribution >= 4 is 5.91 Å². The zero-order chi connectivity index (χ0) is 10.9. The maximum absolute atomic E-state index is 11.0. The number of rotatable bonds is 4. The molecule has 0 rings (SSSR count). The Labute approximate surface area is 80.9 Å². The second-order valence-electron chi connectivity index (χ2n) is 2.63. The fraction of sp³-hybridized carbons (Fsp3) is 0.889. The Morgan fingerprint density at radius 1 is 1.46 bits per heavy atom. The molecule has 13 heavy (non-hydrogen) atoms. The van der Waals surface area contributed by atoms with Crippen LogP contribution in [0.2, 0.25) is 0 Å². The van der Waals surface area contributed by atoms with Crippen LogP contribution in [0.25, 0.3) is 0 Å². The van der Waals surface area contributed by atoms with Gasteiger partial charge in [0.15, 0.2) is 0 Å². The highest BCUT2D eigenvalue weighted by Crippen LogP contribution is 1.95. The molecule has 1 amide bonds. The molecule has 0 saturated heterocycles. The van der Waals surface area contributed by atoms with Crippen molar-refractivity contribution in [1.82, 2.24) is 10.2 Å². The molecular weight excluding hydrogens is 168 g/mol. The normalized spacial score (nSPS) is 11.2. The minimum absolute atomic E-state index is 0.0410. The predicted molar refractivity (Wildman–Crippen MR) is 54.3 cm³/mol. The van der Waals surface area contributed by atoms with Gasteiger partial charge in [0.05, 0.1) is 0 Å². The van der Waals surface area contributed by atoms with Crippen molar-refractivity contribution in [3.8, 4) is 0 Å². The zero-order valence-corrected chi connectivity index (χ0v) is 9.29. The van der Waals surface area contributed by atoms with E-state index in [0.717, 1.165) is 0 Å². The number of aliphatic hydroxyl groups is 1. The van der Waals surface area contributed by atoms with Crippen molar-refractivity contribution in [2.45, 2.75) is 32.9 Å². The molecule has 0 aromatic rings. The molecule has 0 saturated carbocycles. The fourth-order valence-electron chi connectivity index (χ4n) is 0.628. The summed E-state index contributed by atoms with van der Waals surface area (Å²) < 4.78 is 0. The number of hydrogen-bond donors (Lipinski definition) is 2. The molecule has 2 N–H and O–H groups in total. The van der Waals surface area contributed by atoms with Crippen LogP contribution in [-0.2, 0) is 4.79 Å². The maximum atomic E-state index is 11.0. The van der Waals surface area contributed by atoms with E-state index in [4.69, 9.17) is 5.11 Å². The molecule has 1 unspecified atom stereocenters. The summed E-state index contributed by atoms with van der Waals surface area (Å²) in [5, 5.41) is 11.7. The van der Waals surface area contributed by atoms with Crippen LogP contribution < -0.4 is 5.32 Å². The number of amides is 1. The van der Waals surface area contributed by atoms with Gasteiger partial charge in [-0.15, -0.1) is 0 Å². The minimum Gasteiger partial charge on any atom is -0.379 e. The lowest BCUT2D eigenvalue weighted by molar-refractivity contribution is -0.129. The quantitative estimate of drug-likeness (QED) is 0.632. The van der Waals surface area contributed by atoms with Gasteiger partial charge in [0.25, 0.3) is 0 Å². The second kappa shape index (κ2) is 9.48. The minimum atomic E-state index is -0.570. The molecule has 0 spiro atoms. The molecule has 1 atom stereocenters. The van der Waals surface area contributed by atoms with E-state index in [0.29, 0.717) is 12.8 Å². The monoisotopic (exact) mass is 190 g/mol. The standard InChI is InChI=1S/C7H16N2O2.C2H6/c1-8-6(10)4-5-7(11)9(2)3;1-2/h6,8,10H,4-5H2,1-3H3;1-2H3. The summed E-state index contributed by atoms with van der Waals surface area (Å²) >= 11 is 0. The molecule has 0 radical (unpaired) electrons. The molecule has 0 aromatic heterocycles. The van der Waals surface area contributed by atoms with E-state index in [9.17, 15) is 4.79 Å². The largest absolute Gasteiger partial charge is 0.379 e. The smallest absolute Gasteiger partial charge is 0.222 e. The van der Waals surface area contributed by atoms with Gasteiger partial charge in [-0.05, 0) is 13.5 Å². The van der Waals surface area contributed by atoms with Gasteiger partial charge in [0.2, 0.25) is 5.91 Å². The van der Waals surface area contributed by atoms with Crippen LogP contribution in [0, 0.1) is 0 Å². The first kappa shape index (κ1) is 14.9. The van der Waals surface area contributed by atoms with E-state index in [2.05, 4.69) is 5.32 Å². The topological polar surface area (TPSA) is 52.6 Å². The number of aliphatic hydroxyl groups excluding tert-OH is 1. The molecule has 0 aliphatic heterocycles. The van der Waals surface area contributed by atoms with Gasteiger partial charge in [0.1, 0.15) is 6.23 Å². The van der Waals surface area contributed by atoms with Crippen LogP contribution in [0.1, 0.15) is 26.7 Å². The summed E-state index contributed by atoms with van der Waals surface area (Å²) in [7, 11) is 5.06. The van der Waals surface area contributed by atoms with Crippen LogP contribution in [-0.4, -0.2) is 43.3 Å². The van der Waals surface area contributed by atoms with E-state index < -0.39 is 6.23 Å². The third kappa shape index (κ3) is 9.30. The molecule has 0 fully saturated rings. The average Bonchev–Trinajstić information content (AvgIpc) is 2.16. The Hall–Kier alpha value is -0.610. The summed E-state index contributed by atoms with van der Waals surface area (Å²) in [6, 6.07) is 0. The Balaban J connectivity index is 0. The summed E-state index contributed by atoms with van der Waals surface area (Å²) in [6.45, 7) is 4.00. The zero-order valence-electron chi connectivity index (χ0n) is 9.29. The third-order valence-electron chi connectivity index (χ3n) is 1.46. The van der Waals surface area contributed by atoms with Crippen LogP contribution in [0.4, 0.5) is 0 Å². The molecule has 0 bridgehead atoms. The Bertz CT molecular complexity index is 127. The first-order chi connectivity index (χ1) is 6.07. The van der Waals surface area contributed by atoms with Gasteiger partial charge < -0.3 is 10.0 Å². The lowest BCUT2D eigenvalue weighted by atomic mass is 10.2. The first-order valence-corrected chi connectivity index (χ1v) is 4.63. The second-order valence-corrected chi connectivity index (χ2v) is 2.63. The molecule has 0 aliphatic carbocycles. The van der Waals surface area contributed by atoms with Gasteiger partial charge in [-0.2, -0.15) is 0 Å². The number of carbonyl (C=O) groups is 1. The van der Waals surface area contributed by atoms with Crippen LogP contribution in [0.5, 0.6) is 0 Å². The SMILES string of the molecule is CC.CNC(O)CCC(=O)N(C)C. The van der Waals surface area contributed by atoms with Crippen LogP contribution in [0.3, 0.4) is 0 Å². The predicted octanol–water partition coefficient (Wildman–Crippen LogP) is 0.419.